The van der Waals surface area contributed by atoms with Gasteiger partial charge >= 0.3 is 0 Å². The number of rotatable bonds is 2. The van der Waals surface area contributed by atoms with Crippen LogP contribution in [0.25, 0.3) is 44.2 Å². The van der Waals surface area contributed by atoms with Crippen LogP contribution in [-0.4, -0.2) is 6.71 Å². The number of ether oxygens (including phenoxy) is 2. The summed E-state index contributed by atoms with van der Waals surface area (Å²) in [6.07, 6.45) is 0. The predicted molar refractivity (Wildman–Crippen MR) is 162 cm³/mol. The first-order valence-electron chi connectivity index (χ1n) is 13.5. The molecule has 2 aliphatic rings. The first kappa shape index (κ1) is 21.7. The average molecular weight is 512 g/mol. The normalized spacial score (nSPS) is 12.8. The minimum absolute atomic E-state index is 0.0839. The second kappa shape index (κ2) is 8.14. The highest BCUT2D eigenvalue weighted by molar-refractivity contribution is 6.98. The first-order valence-corrected chi connectivity index (χ1v) is 13.5. The SMILES string of the molecule is c1ccc2c(c1)Oc1cc(-c3ccc(-c4cccc5c4oc4ccccc45)cc3)cc3c1B2c1ccccc1O3. The Bertz CT molecular complexity index is 2050. The number of benzene rings is 6. The maximum atomic E-state index is 6.48. The van der Waals surface area contributed by atoms with Crippen LogP contribution in [0, 0.1) is 0 Å². The molecule has 40 heavy (non-hydrogen) atoms. The molecule has 0 spiro atoms. The lowest BCUT2D eigenvalue weighted by molar-refractivity contribution is 0.465. The Balaban J connectivity index is 1.16. The third-order valence-electron chi connectivity index (χ3n) is 8.23. The van der Waals surface area contributed by atoms with Crippen LogP contribution in [0.15, 0.2) is 132 Å². The molecule has 0 fully saturated rings. The third-order valence-corrected chi connectivity index (χ3v) is 8.23. The van der Waals surface area contributed by atoms with E-state index in [1.54, 1.807) is 0 Å². The summed E-state index contributed by atoms with van der Waals surface area (Å²) < 4.78 is 19.2. The van der Waals surface area contributed by atoms with Crippen LogP contribution < -0.4 is 25.9 Å². The zero-order valence-electron chi connectivity index (χ0n) is 21.4. The molecule has 0 bridgehead atoms. The molecule has 0 N–H and O–H groups in total. The smallest absolute Gasteiger partial charge is 0.260 e. The monoisotopic (exact) mass is 512 g/mol. The molecule has 7 aromatic rings. The van der Waals surface area contributed by atoms with Gasteiger partial charge in [-0.3, -0.25) is 0 Å². The van der Waals surface area contributed by atoms with Crippen molar-refractivity contribution in [2.24, 2.45) is 0 Å². The topological polar surface area (TPSA) is 31.6 Å². The largest absolute Gasteiger partial charge is 0.458 e. The molecule has 9 rings (SSSR count). The van der Waals surface area contributed by atoms with E-state index in [0.717, 1.165) is 72.7 Å². The molecule has 2 aliphatic heterocycles. The molecular weight excluding hydrogens is 491 g/mol. The third kappa shape index (κ3) is 3.08. The Morgan fingerprint density at radius 2 is 1.05 bits per heavy atom. The molecule has 1 aromatic heterocycles. The van der Waals surface area contributed by atoms with Crippen LogP contribution in [-0.2, 0) is 0 Å². The van der Waals surface area contributed by atoms with Crippen molar-refractivity contribution in [3.05, 3.63) is 127 Å². The number of para-hydroxylation sites is 4. The standard InChI is InChI=1S/C36H21BO3/c1-4-13-30-26(8-1)27-10-7-9-25(36(27)40-30)23-18-16-22(17-19-23)24-20-33-35-34(21-24)39-32-15-6-3-12-29(32)37(35)28-11-2-5-14-31(28)38-33/h1-21H. The molecule has 0 saturated heterocycles. The minimum atomic E-state index is 0.0839. The zero-order valence-corrected chi connectivity index (χ0v) is 21.4. The maximum absolute atomic E-state index is 6.48. The van der Waals surface area contributed by atoms with E-state index in [1.807, 2.05) is 24.3 Å². The summed E-state index contributed by atoms with van der Waals surface area (Å²) in [4.78, 5) is 0. The summed E-state index contributed by atoms with van der Waals surface area (Å²) in [6.45, 7) is 0.0839. The fourth-order valence-electron chi connectivity index (χ4n) is 6.38. The van der Waals surface area contributed by atoms with Gasteiger partial charge in [0.05, 0.1) is 0 Å². The Hall–Kier alpha value is -5.22. The van der Waals surface area contributed by atoms with Crippen molar-refractivity contribution in [2.45, 2.75) is 0 Å². The molecule has 0 saturated carbocycles. The van der Waals surface area contributed by atoms with Gasteiger partial charge in [-0.1, -0.05) is 97.1 Å². The zero-order chi connectivity index (χ0) is 26.2. The number of fused-ring (bicyclic) bond motifs is 7. The van der Waals surface area contributed by atoms with E-state index in [2.05, 4.69) is 103 Å². The van der Waals surface area contributed by atoms with Crippen LogP contribution in [0.1, 0.15) is 0 Å². The summed E-state index contributed by atoms with van der Waals surface area (Å²) in [5.41, 5.74) is 9.61. The number of hydrogen-bond donors (Lipinski definition) is 0. The fourth-order valence-corrected chi connectivity index (χ4v) is 6.38. The van der Waals surface area contributed by atoms with Gasteiger partial charge in [-0.25, -0.2) is 0 Å². The van der Waals surface area contributed by atoms with E-state index in [4.69, 9.17) is 13.9 Å². The van der Waals surface area contributed by atoms with Crippen LogP contribution >= 0.6 is 0 Å². The maximum Gasteiger partial charge on any atom is 0.260 e. The van der Waals surface area contributed by atoms with Crippen molar-refractivity contribution in [1.29, 1.82) is 0 Å². The molecular formula is C36H21BO3. The van der Waals surface area contributed by atoms with Crippen LogP contribution in [0.3, 0.4) is 0 Å². The van der Waals surface area contributed by atoms with Crippen LogP contribution in [0.5, 0.6) is 23.0 Å². The van der Waals surface area contributed by atoms with Gasteiger partial charge in [-0.15, -0.1) is 0 Å². The summed E-state index contributed by atoms with van der Waals surface area (Å²) >= 11 is 0. The lowest BCUT2D eigenvalue weighted by Crippen LogP contribution is -2.57. The summed E-state index contributed by atoms with van der Waals surface area (Å²) in [7, 11) is 0. The van der Waals surface area contributed by atoms with Crippen molar-refractivity contribution in [2.75, 3.05) is 0 Å². The van der Waals surface area contributed by atoms with Crippen molar-refractivity contribution in [3.8, 4) is 45.3 Å². The highest BCUT2D eigenvalue weighted by atomic mass is 16.5. The van der Waals surface area contributed by atoms with Gasteiger partial charge in [0, 0.05) is 21.8 Å². The lowest BCUT2D eigenvalue weighted by Gasteiger charge is -2.33. The van der Waals surface area contributed by atoms with E-state index in [1.165, 1.54) is 10.9 Å². The van der Waals surface area contributed by atoms with Gasteiger partial charge in [0.1, 0.15) is 34.2 Å². The molecule has 0 atom stereocenters. The molecule has 3 heterocycles. The number of furan rings is 1. The van der Waals surface area contributed by atoms with Gasteiger partial charge in [0.2, 0.25) is 0 Å². The molecule has 186 valence electrons. The van der Waals surface area contributed by atoms with Gasteiger partial charge in [0.15, 0.2) is 0 Å². The summed E-state index contributed by atoms with van der Waals surface area (Å²) in [5, 5.41) is 2.27. The van der Waals surface area contributed by atoms with Gasteiger partial charge in [0.25, 0.3) is 6.71 Å². The van der Waals surface area contributed by atoms with E-state index >= 15 is 0 Å². The second-order valence-electron chi connectivity index (χ2n) is 10.5. The van der Waals surface area contributed by atoms with Crippen molar-refractivity contribution < 1.29 is 13.9 Å². The fraction of sp³-hybridized carbons (Fsp3) is 0. The highest BCUT2D eigenvalue weighted by Crippen LogP contribution is 2.40. The van der Waals surface area contributed by atoms with Gasteiger partial charge in [-0.05, 0) is 57.9 Å². The molecule has 3 nitrogen and oxygen atoms in total. The Labute approximate surface area is 231 Å². The van der Waals surface area contributed by atoms with Crippen molar-refractivity contribution >= 4 is 45.0 Å². The lowest BCUT2D eigenvalue weighted by atomic mass is 9.35. The molecule has 0 radical (unpaired) electrons. The second-order valence-corrected chi connectivity index (χ2v) is 10.5. The van der Waals surface area contributed by atoms with Crippen molar-refractivity contribution in [3.63, 3.8) is 0 Å². The summed E-state index contributed by atoms with van der Waals surface area (Å²) in [6, 6.07) is 44.1. The van der Waals surface area contributed by atoms with E-state index in [-0.39, 0.29) is 6.71 Å². The van der Waals surface area contributed by atoms with E-state index < -0.39 is 0 Å². The molecule has 0 unspecified atom stereocenters. The Kier molecular flexibility index (Phi) is 4.41. The first-order chi connectivity index (χ1) is 19.8. The predicted octanol–water partition coefficient (Wildman–Crippen LogP) is 7.65. The Morgan fingerprint density at radius 1 is 0.450 bits per heavy atom. The summed E-state index contributed by atoms with van der Waals surface area (Å²) in [5.74, 6) is 3.49. The molecule has 0 amide bonds. The van der Waals surface area contributed by atoms with Gasteiger partial charge < -0.3 is 13.9 Å². The van der Waals surface area contributed by atoms with Crippen LogP contribution in [0.4, 0.5) is 0 Å². The molecule has 0 aliphatic carbocycles. The average Bonchev–Trinajstić information content (AvgIpc) is 3.40. The quantitative estimate of drug-likeness (QED) is 0.223. The van der Waals surface area contributed by atoms with Crippen molar-refractivity contribution in [1.82, 2.24) is 0 Å². The number of hydrogen-bond acceptors (Lipinski definition) is 3. The van der Waals surface area contributed by atoms with Crippen LogP contribution in [0.2, 0.25) is 0 Å². The molecule has 6 aromatic carbocycles. The van der Waals surface area contributed by atoms with E-state index in [9.17, 15) is 0 Å². The molecule has 4 heteroatoms. The van der Waals surface area contributed by atoms with E-state index in [0.29, 0.717) is 0 Å². The van der Waals surface area contributed by atoms with Gasteiger partial charge in [-0.2, -0.15) is 0 Å². The highest BCUT2D eigenvalue weighted by Gasteiger charge is 2.40. The Morgan fingerprint density at radius 3 is 1.77 bits per heavy atom. The minimum Gasteiger partial charge on any atom is -0.458 e.